The molecule has 0 bridgehead atoms. The van der Waals surface area contributed by atoms with Crippen molar-refractivity contribution < 1.29 is 9.53 Å². The van der Waals surface area contributed by atoms with E-state index in [1.54, 1.807) is 0 Å². The fourth-order valence-corrected chi connectivity index (χ4v) is 2.59. The van der Waals surface area contributed by atoms with Gasteiger partial charge in [-0.2, -0.15) is 0 Å². The molecule has 1 aromatic carbocycles. The van der Waals surface area contributed by atoms with Gasteiger partial charge in [0.15, 0.2) is 0 Å². The lowest BCUT2D eigenvalue weighted by atomic mass is 10.2. The van der Waals surface area contributed by atoms with E-state index in [0.717, 1.165) is 37.6 Å². The zero-order valence-corrected chi connectivity index (χ0v) is 12.6. The molecule has 0 aromatic heterocycles. The second kappa shape index (κ2) is 7.39. The molecule has 1 heterocycles. The van der Waals surface area contributed by atoms with Gasteiger partial charge in [0.2, 0.25) is 5.91 Å². The normalized spacial score (nSPS) is 15.3. The van der Waals surface area contributed by atoms with Crippen molar-refractivity contribution in [3.63, 3.8) is 0 Å². The molecule has 0 aliphatic carbocycles. The van der Waals surface area contributed by atoms with E-state index in [2.05, 4.69) is 11.0 Å². The maximum absolute atomic E-state index is 11.8. The first kappa shape index (κ1) is 15.0. The van der Waals surface area contributed by atoms with Gasteiger partial charge in [0.25, 0.3) is 0 Å². The summed E-state index contributed by atoms with van der Waals surface area (Å²) in [4.78, 5) is 16.0. The van der Waals surface area contributed by atoms with Crippen molar-refractivity contribution in [2.75, 3.05) is 43.6 Å². The van der Waals surface area contributed by atoms with E-state index in [4.69, 9.17) is 16.3 Å². The van der Waals surface area contributed by atoms with Crippen LogP contribution in [0.4, 0.5) is 5.69 Å². The Morgan fingerprint density at radius 1 is 1.25 bits per heavy atom. The molecule has 110 valence electrons. The first-order chi connectivity index (χ1) is 9.76. The van der Waals surface area contributed by atoms with Gasteiger partial charge in [0.05, 0.1) is 12.3 Å². The second-order valence-corrected chi connectivity index (χ2v) is 5.09. The van der Waals surface area contributed by atoms with E-state index in [9.17, 15) is 4.79 Å². The van der Waals surface area contributed by atoms with Crippen LogP contribution in [0.3, 0.4) is 0 Å². The van der Waals surface area contributed by atoms with E-state index < -0.39 is 0 Å². The van der Waals surface area contributed by atoms with Crippen LogP contribution in [0.2, 0.25) is 0 Å². The van der Waals surface area contributed by atoms with Crippen LogP contribution in [-0.2, 0) is 4.79 Å². The number of carbonyl (C=O) groups excluding carboxylic acids is 1. The summed E-state index contributed by atoms with van der Waals surface area (Å²) in [6.07, 6.45) is 0.428. The van der Waals surface area contributed by atoms with E-state index in [1.807, 2.05) is 30.0 Å². The molecule has 5 heteroatoms. The molecule has 0 N–H and O–H groups in total. The summed E-state index contributed by atoms with van der Waals surface area (Å²) in [5, 5.41) is 0. The molecule has 0 radical (unpaired) electrons. The monoisotopic (exact) mass is 296 g/mol. The molecule has 1 fully saturated rings. The second-order valence-electron chi connectivity index (χ2n) is 4.71. The molecule has 0 spiro atoms. The Morgan fingerprint density at radius 3 is 2.60 bits per heavy atom. The van der Waals surface area contributed by atoms with Crippen LogP contribution in [0.15, 0.2) is 24.3 Å². The number of alkyl halides is 1. The predicted molar refractivity (Wildman–Crippen MR) is 81.7 cm³/mol. The first-order valence-corrected chi connectivity index (χ1v) is 7.60. The van der Waals surface area contributed by atoms with Crippen LogP contribution in [-0.4, -0.2) is 49.5 Å². The third-order valence-electron chi connectivity index (χ3n) is 3.45. The number of amides is 1. The topological polar surface area (TPSA) is 32.8 Å². The Balaban J connectivity index is 1.98. The standard InChI is InChI=1S/C15H21ClN2O2/c1-2-20-14-6-4-3-5-13(14)17-9-11-18(12-10-17)15(19)7-8-16/h3-6H,2,7-12H2,1H3. The van der Waals surface area contributed by atoms with Gasteiger partial charge in [-0.05, 0) is 19.1 Å². The Labute approximate surface area is 125 Å². The number of benzene rings is 1. The molecular formula is C15H21ClN2O2. The minimum absolute atomic E-state index is 0.151. The summed E-state index contributed by atoms with van der Waals surface area (Å²) in [7, 11) is 0. The smallest absolute Gasteiger partial charge is 0.223 e. The number of rotatable bonds is 5. The van der Waals surface area contributed by atoms with Crippen LogP contribution < -0.4 is 9.64 Å². The highest BCUT2D eigenvalue weighted by atomic mass is 35.5. The summed E-state index contributed by atoms with van der Waals surface area (Å²) >= 11 is 5.62. The maximum Gasteiger partial charge on any atom is 0.223 e. The third kappa shape index (κ3) is 3.57. The van der Waals surface area contributed by atoms with E-state index in [1.165, 1.54) is 0 Å². The maximum atomic E-state index is 11.8. The fraction of sp³-hybridized carbons (Fsp3) is 0.533. The van der Waals surface area contributed by atoms with Crippen molar-refractivity contribution in [2.24, 2.45) is 0 Å². The van der Waals surface area contributed by atoms with Gasteiger partial charge >= 0.3 is 0 Å². The van der Waals surface area contributed by atoms with Gasteiger partial charge in [0.1, 0.15) is 5.75 Å². The molecule has 1 saturated heterocycles. The Bertz CT molecular complexity index is 445. The Morgan fingerprint density at radius 2 is 1.95 bits per heavy atom. The lowest BCUT2D eigenvalue weighted by molar-refractivity contribution is -0.131. The van der Waals surface area contributed by atoms with Gasteiger partial charge in [-0.25, -0.2) is 0 Å². The third-order valence-corrected chi connectivity index (χ3v) is 3.64. The molecule has 1 aliphatic heterocycles. The number of anilines is 1. The van der Waals surface area contributed by atoms with Crippen molar-refractivity contribution in [3.8, 4) is 5.75 Å². The summed E-state index contributed by atoms with van der Waals surface area (Å²) in [6, 6.07) is 8.06. The van der Waals surface area contributed by atoms with E-state index in [0.29, 0.717) is 18.9 Å². The molecule has 0 unspecified atom stereocenters. The number of ether oxygens (including phenoxy) is 1. The Kier molecular flexibility index (Phi) is 5.53. The zero-order valence-electron chi connectivity index (χ0n) is 11.8. The van der Waals surface area contributed by atoms with Gasteiger partial charge in [-0.1, -0.05) is 12.1 Å². The minimum Gasteiger partial charge on any atom is -0.492 e. The lowest BCUT2D eigenvalue weighted by Crippen LogP contribution is -2.48. The van der Waals surface area contributed by atoms with Crippen molar-refractivity contribution in [1.82, 2.24) is 4.90 Å². The largest absolute Gasteiger partial charge is 0.492 e. The number of hydrogen-bond acceptors (Lipinski definition) is 3. The number of nitrogens with zero attached hydrogens (tertiary/aromatic N) is 2. The van der Waals surface area contributed by atoms with E-state index >= 15 is 0 Å². The lowest BCUT2D eigenvalue weighted by Gasteiger charge is -2.36. The van der Waals surface area contributed by atoms with Gasteiger partial charge in [-0.3, -0.25) is 4.79 Å². The summed E-state index contributed by atoms with van der Waals surface area (Å²) < 4.78 is 5.66. The first-order valence-electron chi connectivity index (χ1n) is 7.06. The molecular weight excluding hydrogens is 276 g/mol. The average molecular weight is 297 g/mol. The van der Waals surface area contributed by atoms with Crippen LogP contribution in [0, 0.1) is 0 Å². The van der Waals surface area contributed by atoms with Crippen LogP contribution in [0.25, 0.3) is 0 Å². The highest BCUT2D eigenvalue weighted by Gasteiger charge is 2.22. The van der Waals surface area contributed by atoms with Crippen molar-refractivity contribution in [3.05, 3.63) is 24.3 Å². The number of para-hydroxylation sites is 2. The van der Waals surface area contributed by atoms with Crippen LogP contribution in [0.1, 0.15) is 13.3 Å². The molecule has 1 aliphatic rings. The summed E-state index contributed by atoms with van der Waals surface area (Å²) in [6.45, 7) is 5.80. The number of carbonyl (C=O) groups is 1. The van der Waals surface area contributed by atoms with Crippen LogP contribution in [0.5, 0.6) is 5.75 Å². The van der Waals surface area contributed by atoms with Crippen molar-refractivity contribution in [1.29, 1.82) is 0 Å². The zero-order chi connectivity index (χ0) is 14.4. The highest BCUT2D eigenvalue weighted by Crippen LogP contribution is 2.28. The van der Waals surface area contributed by atoms with Gasteiger partial charge in [-0.15, -0.1) is 11.6 Å². The van der Waals surface area contributed by atoms with Gasteiger partial charge in [0, 0.05) is 38.5 Å². The minimum atomic E-state index is 0.151. The highest BCUT2D eigenvalue weighted by molar-refractivity contribution is 6.18. The Hall–Kier alpha value is -1.42. The van der Waals surface area contributed by atoms with Crippen molar-refractivity contribution in [2.45, 2.75) is 13.3 Å². The SMILES string of the molecule is CCOc1ccccc1N1CCN(C(=O)CCCl)CC1. The molecule has 1 aromatic rings. The van der Waals surface area contributed by atoms with Crippen LogP contribution >= 0.6 is 11.6 Å². The predicted octanol–water partition coefficient (Wildman–Crippen LogP) is 2.36. The summed E-state index contributed by atoms with van der Waals surface area (Å²) in [5.74, 6) is 1.46. The number of halogens is 1. The molecule has 0 saturated carbocycles. The van der Waals surface area contributed by atoms with Gasteiger partial charge < -0.3 is 14.5 Å². The van der Waals surface area contributed by atoms with E-state index in [-0.39, 0.29) is 5.91 Å². The fourth-order valence-electron chi connectivity index (χ4n) is 2.43. The number of piperazine rings is 1. The number of hydrogen-bond donors (Lipinski definition) is 0. The summed E-state index contributed by atoms with van der Waals surface area (Å²) in [5.41, 5.74) is 1.11. The quantitative estimate of drug-likeness (QED) is 0.782. The van der Waals surface area contributed by atoms with Crippen molar-refractivity contribution >= 4 is 23.2 Å². The molecule has 4 nitrogen and oxygen atoms in total. The average Bonchev–Trinajstić information content (AvgIpc) is 2.49. The molecule has 0 atom stereocenters. The molecule has 1 amide bonds. The molecule has 2 rings (SSSR count). The molecule has 20 heavy (non-hydrogen) atoms.